The Kier molecular flexibility index (Phi) is 4.60. The number of nitrogens with one attached hydrogen (secondary N) is 2. The maximum Gasteiger partial charge on any atom is 0.260 e. The molecule has 2 aromatic heterocycles. The minimum atomic E-state index is -3.76. The molecule has 1 atom stereocenters. The van der Waals surface area contributed by atoms with Crippen LogP contribution in [0.25, 0.3) is 4.96 Å². The molecule has 0 saturated carbocycles. The van der Waals surface area contributed by atoms with Crippen molar-refractivity contribution in [2.45, 2.75) is 24.4 Å². The van der Waals surface area contributed by atoms with Gasteiger partial charge in [0, 0.05) is 24.7 Å². The summed E-state index contributed by atoms with van der Waals surface area (Å²) in [6.07, 6.45) is 2.25. The van der Waals surface area contributed by atoms with Crippen molar-refractivity contribution in [3.63, 3.8) is 0 Å². The molecule has 10 heteroatoms. The van der Waals surface area contributed by atoms with Crippen molar-refractivity contribution >= 4 is 32.1 Å². The molecule has 0 radical (unpaired) electrons. The van der Waals surface area contributed by atoms with Crippen LogP contribution in [0, 0.1) is 0 Å². The SMILES string of the molecule is CCC(COC)NS(=O)(=O)c1c(NN)nc2sccn12. The molecule has 20 heavy (non-hydrogen) atoms. The van der Waals surface area contributed by atoms with Gasteiger partial charge in [-0.15, -0.1) is 11.3 Å². The quantitative estimate of drug-likeness (QED) is 0.503. The van der Waals surface area contributed by atoms with Crippen LogP contribution in [0.1, 0.15) is 13.3 Å². The van der Waals surface area contributed by atoms with E-state index in [1.807, 2.05) is 6.92 Å². The first kappa shape index (κ1) is 15.2. The molecule has 0 saturated heterocycles. The monoisotopic (exact) mass is 319 g/mol. The third-order valence-corrected chi connectivity index (χ3v) is 5.09. The summed E-state index contributed by atoms with van der Waals surface area (Å²) in [6, 6.07) is -0.306. The first-order valence-electron chi connectivity index (χ1n) is 5.97. The molecule has 2 aromatic rings. The fourth-order valence-electron chi connectivity index (χ4n) is 1.83. The van der Waals surface area contributed by atoms with Crippen LogP contribution in [-0.4, -0.2) is 37.6 Å². The summed E-state index contributed by atoms with van der Waals surface area (Å²) in [5.41, 5.74) is 2.32. The van der Waals surface area contributed by atoms with E-state index in [4.69, 9.17) is 10.6 Å². The van der Waals surface area contributed by atoms with Crippen LogP contribution in [0.5, 0.6) is 0 Å². The zero-order valence-electron chi connectivity index (χ0n) is 11.2. The van der Waals surface area contributed by atoms with Crippen molar-refractivity contribution in [1.82, 2.24) is 14.1 Å². The highest BCUT2D eigenvalue weighted by Gasteiger charge is 2.27. The number of hydrogen-bond donors (Lipinski definition) is 3. The topological polar surface area (TPSA) is 111 Å². The normalized spacial score (nSPS) is 13.8. The number of nitrogen functional groups attached to an aromatic ring is 1. The summed E-state index contributed by atoms with van der Waals surface area (Å²) in [6.45, 7) is 2.18. The van der Waals surface area contributed by atoms with Gasteiger partial charge in [-0.05, 0) is 6.42 Å². The van der Waals surface area contributed by atoms with Crippen LogP contribution in [0.15, 0.2) is 16.6 Å². The number of methoxy groups -OCH3 is 1. The van der Waals surface area contributed by atoms with Crippen molar-refractivity contribution < 1.29 is 13.2 Å². The molecule has 0 aromatic carbocycles. The number of sulfonamides is 1. The zero-order valence-corrected chi connectivity index (χ0v) is 12.8. The number of nitrogens with two attached hydrogens (primary N) is 1. The van der Waals surface area contributed by atoms with E-state index < -0.39 is 10.0 Å². The molecule has 0 aliphatic rings. The Balaban J connectivity index is 2.42. The molecule has 8 nitrogen and oxygen atoms in total. The van der Waals surface area contributed by atoms with Crippen molar-refractivity contribution in [1.29, 1.82) is 0 Å². The van der Waals surface area contributed by atoms with Gasteiger partial charge in [-0.1, -0.05) is 6.92 Å². The lowest BCUT2D eigenvalue weighted by Crippen LogP contribution is -2.38. The van der Waals surface area contributed by atoms with Gasteiger partial charge in [-0.2, -0.15) is 4.98 Å². The summed E-state index contributed by atoms with van der Waals surface area (Å²) < 4.78 is 34.1. The van der Waals surface area contributed by atoms with Gasteiger partial charge in [0.25, 0.3) is 10.0 Å². The van der Waals surface area contributed by atoms with Crippen LogP contribution >= 0.6 is 11.3 Å². The number of anilines is 1. The molecule has 0 aliphatic carbocycles. The van der Waals surface area contributed by atoms with E-state index in [9.17, 15) is 8.42 Å². The lowest BCUT2D eigenvalue weighted by molar-refractivity contribution is 0.173. The number of fused-ring (bicyclic) bond motifs is 1. The Morgan fingerprint density at radius 3 is 2.95 bits per heavy atom. The first-order valence-corrected chi connectivity index (χ1v) is 8.33. The molecular weight excluding hydrogens is 302 g/mol. The van der Waals surface area contributed by atoms with Crippen molar-refractivity contribution in [2.24, 2.45) is 5.84 Å². The van der Waals surface area contributed by atoms with E-state index in [-0.39, 0.29) is 16.9 Å². The third kappa shape index (κ3) is 2.79. The van der Waals surface area contributed by atoms with Crippen LogP contribution in [0.2, 0.25) is 0 Å². The Labute approximate surface area is 121 Å². The summed E-state index contributed by atoms with van der Waals surface area (Å²) in [4.78, 5) is 4.69. The summed E-state index contributed by atoms with van der Waals surface area (Å²) >= 11 is 1.33. The maximum absolute atomic E-state index is 12.5. The fourth-order valence-corrected chi connectivity index (χ4v) is 4.15. The summed E-state index contributed by atoms with van der Waals surface area (Å²) in [5, 5.41) is 1.76. The molecule has 2 heterocycles. The highest BCUT2D eigenvalue weighted by Crippen LogP contribution is 2.25. The van der Waals surface area contributed by atoms with Gasteiger partial charge in [0.1, 0.15) is 0 Å². The minimum absolute atomic E-state index is 0.00537. The number of hydrazine groups is 1. The summed E-state index contributed by atoms with van der Waals surface area (Å²) in [5.74, 6) is 5.48. The number of aromatic nitrogens is 2. The number of ether oxygens (including phenoxy) is 1. The predicted octanol–water partition coefficient (Wildman–Crippen LogP) is 0.385. The van der Waals surface area contributed by atoms with Gasteiger partial charge in [0.2, 0.25) is 5.03 Å². The Morgan fingerprint density at radius 1 is 1.60 bits per heavy atom. The minimum Gasteiger partial charge on any atom is -0.383 e. The second-order valence-corrected chi connectivity index (χ2v) is 6.65. The average Bonchev–Trinajstić information content (AvgIpc) is 2.96. The van der Waals surface area contributed by atoms with Crippen LogP contribution in [-0.2, 0) is 14.8 Å². The van der Waals surface area contributed by atoms with Gasteiger partial charge in [0.15, 0.2) is 10.8 Å². The van der Waals surface area contributed by atoms with E-state index in [1.54, 1.807) is 11.6 Å². The fraction of sp³-hybridized carbons (Fsp3) is 0.500. The molecule has 0 aliphatic heterocycles. The molecule has 0 bridgehead atoms. The Bertz CT molecular complexity index is 678. The highest BCUT2D eigenvalue weighted by molar-refractivity contribution is 7.89. The van der Waals surface area contributed by atoms with Gasteiger partial charge in [0.05, 0.1) is 6.61 Å². The predicted molar refractivity (Wildman–Crippen MR) is 77.2 cm³/mol. The van der Waals surface area contributed by atoms with Gasteiger partial charge >= 0.3 is 0 Å². The third-order valence-electron chi connectivity index (χ3n) is 2.79. The number of hydrogen-bond acceptors (Lipinski definition) is 7. The van der Waals surface area contributed by atoms with Crippen LogP contribution in [0.4, 0.5) is 5.82 Å². The molecule has 112 valence electrons. The summed E-state index contributed by atoms with van der Waals surface area (Å²) in [7, 11) is -2.23. The number of nitrogens with zero attached hydrogens (tertiary/aromatic N) is 2. The van der Waals surface area contributed by atoms with E-state index >= 15 is 0 Å². The van der Waals surface area contributed by atoms with Gasteiger partial charge in [-0.3, -0.25) is 4.40 Å². The molecular formula is C10H17N5O3S2. The second-order valence-electron chi connectivity index (χ2n) is 4.15. The largest absolute Gasteiger partial charge is 0.383 e. The van der Waals surface area contributed by atoms with Crippen LogP contribution in [0.3, 0.4) is 0 Å². The van der Waals surface area contributed by atoms with Crippen LogP contribution < -0.4 is 16.0 Å². The standard InChI is InChI=1S/C10H17N5O3S2/c1-3-7(6-18-2)14-20(16,17)9-8(13-11)12-10-15(9)4-5-19-10/h4-5,7,13-14H,3,6,11H2,1-2H3. The number of imidazole rings is 1. The highest BCUT2D eigenvalue weighted by atomic mass is 32.2. The molecule has 2 rings (SSSR count). The Morgan fingerprint density at radius 2 is 2.35 bits per heavy atom. The van der Waals surface area contributed by atoms with Crippen molar-refractivity contribution in [3.8, 4) is 0 Å². The van der Waals surface area contributed by atoms with Gasteiger partial charge in [-0.25, -0.2) is 19.0 Å². The molecule has 0 spiro atoms. The van der Waals surface area contributed by atoms with E-state index in [2.05, 4.69) is 15.1 Å². The smallest absolute Gasteiger partial charge is 0.260 e. The van der Waals surface area contributed by atoms with Crippen molar-refractivity contribution in [3.05, 3.63) is 11.6 Å². The van der Waals surface area contributed by atoms with E-state index in [0.717, 1.165) is 0 Å². The lowest BCUT2D eigenvalue weighted by Gasteiger charge is -2.16. The van der Waals surface area contributed by atoms with Crippen molar-refractivity contribution in [2.75, 3.05) is 19.1 Å². The second kappa shape index (κ2) is 6.06. The zero-order chi connectivity index (χ0) is 14.8. The molecule has 0 fully saturated rings. The Hall–Kier alpha value is -1.20. The average molecular weight is 319 g/mol. The molecule has 0 amide bonds. The number of thiazole rings is 1. The molecule has 4 N–H and O–H groups in total. The maximum atomic E-state index is 12.5. The first-order chi connectivity index (χ1) is 9.53. The number of rotatable bonds is 7. The van der Waals surface area contributed by atoms with E-state index in [1.165, 1.54) is 22.8 Å². The van der Waals surface area contributed by atoms with E-state index in [0.29, 0.717) is 18.0 Å². The lowest BCUT2D eigenvalue weighted by atomic mass is 10.3. The molecule has 1 unspecified atom stereocenters. The van der Waals surface area contributed by atoms with Gasteiger partial charge < -0.3 is 10.2 Å².